The second kappa shape index (κ2) is 9.89. The van der Waals surface area contributed by atoms with Crippen LogP contribution in [0.15, 0.2) is 60.7 Å². The summed E-state index contributed by atoms with van der Waals surface area (Å²) in [4.78, 5) is 0. The molecule has 0 fully saturated rings. The second-order valence-corrected chi connectivity index (χ2v) is 9.02. The lowest BCUT2D eigenvalue weighted by molar-refractivity contribution is -0.904. The Balaban J connectivity index is 1.61. The van der Waals surface area contributed by atoms with Crippen molar-refractivity contribution in [1.29, 1.82) is 0 Å². The van der Waals surface area contributed by atoms with Gasteiger partial charge in [0.1, 0.15) is 13.1 Å². The smallest absolute Gasteiger partial charge is 0.104 e. The minimum atomic E-state index is 1.08. The SMILES string of the molecule is C[N+](C)(CCCCCC[N+](C)(C)Cc1ccccc1)Cc1ccccc1. The van der Waals surface area contributed by atoms with Crippen LogP contribution in [-0.4, -0.2) is 50.2 Å². The second-order valence-electron chi connectivity index (χ2n) is 9.02. The van der Waals surface area contributed by atoms with Crippen molar-refractivity contribution in [3.8, 4) is 0 Å². The van der Waals surface area contributed by atoms with Crippen LogP contribution in [0.5, 0.6) is 0 Å². The van der Waals surface area contributed by atoms with Crippen LogP contribution in [0.1, 0.15) is 36.8 Å². The molecule has 0 spiro atoms. The molecule has 142 valence electrons. The van der Waals surface area contributed by atoms with Gasteiger partial charge in [-0.05, 0) is 25.7 Å². The Hall–Kier alpha value is -1.64. The molecule has 2 heteroatoms. The number of benzene rings is 2. The van der Waals surface area contributed by atoms with E-state index >= 15 is 0 Å². The minimum absolute atomic E-state index is 1.08. The van der Waals surface area contributed by atoms with E-state index in [-0.39, 0.29) is 0 Å². The molecule has 0 radical (unpaired) electrons. The summed E-state index contributed by atoms with van der Waals surface area (Å²) in [5.74, 6) is 0. The highest BCUT2D eigenvalue weighted by molar-refractivity contribution is 5.14. The normalized spacial score (nSPS) is 12.3. The predicted molar refractivity (Wildman–Crippen MR) is 113 cm³/mol. The molecule has 0 bridgehead atoms. The number of rotatable bonds is 11. The maximum Gasteiger partial charge on any atom is 0.104 e. The zero-order chi connectivity index (χ0) is 18.9. The van der Waals surface area contributed by atoms with Gasteiger partial charge in [-0.25, -0.2) is 0 Å². The van der Waals surface area contributed by atoms with Gasteiger partial charge < -0.3 is 8.97 Å². The lowest BCUT2D eigenvalue weighted by Gasteiger charge is -2.31. The Bertz CT molecular complexity index is 560. The van der Waals surface area contributed by atoms with Crippen molar-refractivity contribution in [2.24, 2.45) is 0 Å². The minimum Gasteiger partial charge on any atom is -0.325 e. The number of unbranched alkanes of at least 4 members (excludes halogenated alkanes) is 3. The molecule has 0 aliphatic heterocycles. The van der Waals surface area contributed by atoms with E-state index in [1.807, 2.05) is 0 Å². The molecule has 2 nitrogen and oxygen atoms in total. The van der Waals surface area contributed by atoms with E-state index in [1.54, 1.807) is 0 Å². The lowest BCUT2D eigenvalue weighted by atomic mass is 10.1. The van der Waals surface area contributed by atoms with Crippen LogP contribution in [0.3, 0.4) is 0 Å². The van der Waals surface area contributed by atoms with Crippen LogP contribution in [0.4, 0.5) is 0 Å². The van der Waals surface area contributed by atoms with E-state index in [4.69, 9.17) is 0 Å². The highest BCUT2D eigenvalue weighted by atomic mass is 15.3. The first-order valence-electron chi connectivity index (χ1n) is 10.1. The topological polar surface area (TPSA) is 0 Å². The first-order chi connectivity index (χ1) is 12.4. The fourth-order valence-corrected chi connectivity index (χ4v) is 3.75. The molecule has 2 aromatic rings. The largest absolute Gasteiger partial charge is 0.325 e. The molecule has 0 aromatic heterocycles. The van der Waals surface area contributed by atoms with Gasteiger partial charge >= 0.3 is 0 Å². The predicted octanol–water partition coefficient (Wildman–Crippen LogP) is 5.10. The van der Waals surface area contributed by atoms with Crippen molar-refractivity contribution in [3.05, 3.63) is 71.8 Å². The zero-order valence-corrected chi connectivity index (χ0v) is 17.3. The van der Waals surface area contributed by atoms with Gasteiger partial charge in [-0.1, -0.05) is 60.7 Å². The molecule has 0 amide bonds. The Morgan fingerprint density at radius 3 is 1.19 bits per heavy atom. The van der Waals surface area contributed by atoms with Crippen LogP contribution in [0.2, 0.25) is 0 Å². The first kappa shape index (κ1) is 20.7. The molecule has 2 rings (SSSR count). The van der Waals surface area contributed by atoms with Gasteiger partial charge in [-0.3, -0.25) is 0 Å². The Morgan fingerprint density at radius 2 is 0.846 bits per heavy atom. The Morgan fingerprint density at radius 1 is 0.500 bits per heavy atom. The molecule has 2 aromatic carbocycles. The summed E-state index contributed by atoms with van der Waals surface area (Å²) in [6.45, 7) is 4.78. The molecule has 0 aliphatic rings. The van der Waals surface area contributed by atoms with Gasteiger partial charge in [0.05, 0.1) is 41.3 Å². The fraction of sp³-hybridized carbons (Fsp3) is 0.500. The van der Waals surface area contributed by atoms with Crippen LogP contribution in [-0.2, 0) is 13.1 Å². The van der Waals surface area contributed by atoms with Crippen molar-refractivity contribution in [3.63, 3.8) is 0 Å². The van der Waals surface area contributed by atoms with E-state index < -0.39 is 0 Å². The Labute approximate surface area is 161 Å². The highest BCUT2D eigenvalue weighted by Crippen LogP contribution is 2.14. The summed E-state index contributed by atoms with van der Waals surface area (Å²) in [6, 6.07) is 21.7. The summed E-state index contributed by atoms with van der Waals surface area (Å²) in [5, 5.41) is 0. The maximum absolute atomic E-state index is 2.35. The van der Waals surface area contributed by atoms with Gasteiger partial charge in [0.15, 0.2) is 0 Å². The van der Waals surface area contributed by atoms with E-state index in [1.165, 1.54) is 49.9 Å². The fourth-order valence-electron chi connectivity index (χ4n) is 3.75. The molecule has 0 unspecified atom stereocenters. The molecule has 0 saturated heterocycles. The van der Waals surface area contributed by atoms with Crippen LogP contribution in [0, 0.1) is 0 Å². The van der Waals surface area contributed by atoms with Crippen LogP contribution >= 0.6 is 0 Å². The van der Waals surface area contributed by atoms with E-state index in [2.05, 4.69) is 88.9 Å². The van der Waals surface area contributed by atoms with Crippen LogP contribution in [0.25, 0.3) is 0 Å². The highest BCUT2D eigenvalue weighted by Gasteiger charge is 2.17. The van der Waals surface area contributed by atoms with Gasteiger partial charge in [0.2, 0.25) is 0 Å². The van der Waals surface area contributed by atoms with Gasteiger partial charge in [0, 0.05) is 11.1 Å². The molecule has 0 saturated carbocycles. The molecule has 0 heterocycles. The molecule has 0 atom stereocenters. The number of quaternary nitrogens is 2. The van der Waals surface area contributed by atoms with Crippen molar-refractivity contribution in [2.75, 3.05) is 41.3 Å². The number of nitrogens with zero attached hydrogens (tertiary/aromatic N) is 2. The van der Waals surface area contributed by atoms with Crippen molar-refractivity contribution in [1.82, 2.24) is 0 Å². The zero-order valence-electron chi connectivity index (χ0n) is 17.3. The molecule has 0 N–H and O–H groups in total. The number of hydrogen-bond acceptors (Lipinski definition) is 0. The molecular weight excluding hydrogens is 316 g/mol. The Kier molecular flexibility index (Phi) is 7.86. The van der Waals surface area contributed by atoms with E-state index in [0.717, 1.165) is 22.1 Å². The quantitative estimate of drug-likeness (QED) is 0.389. The van der Waals surface area contributed by atoms with E-state index in [0.29, 0.717) is 0 Å². The van der Waals surface area contributed by atoms with Crippen molar-refractivity contribution >= 4 is 0 Å². The third-order valence-corrected chi connectivity index (χ3v) is 5.18. The summed E-state index contributed by atoms with van der Waals surface area (Å²) >= 11 is 0. The summed E-state index contributed by atoms with van der Waals surface area (Å²) in [6.07, 6.45) is 5.35. The summed E-state index contributed by atoms with van der Waals surface area (Å²) in [5.41, 5.74) is 2.88. The monoisotopic (exact) mass is 354 g/mol. The average molecular weight is 355 g/mol. The third-order valence-electron chi connectivity index (χ3n) is 5.18. The standard InChI is InChI=1S/C24H38N2/c1-25(2,21-23-15-9-7-10-16-23)19-13-5-6-14-20-26(3,4)22-24-17-11-8-12-18-24/h7-12,15-18H,5-6,13-14,19-22H2,1-4H3/q+2. The third kappa shape index (κ3) is 8.16. The first-order valence-corrected chi connectivity index (χ1v) is 10.1. The number of hydrogen-bond donors (Lipinski definition) is 0. The maximum atomic E-state index is 2.35. The van der Waals surface area contributed by atoms with Gasteiger partial charge in [0.25, 0.3) is 0 Å². The molecular formula is C24H38N2+2. The summed E-state index contributed by atoms with van der Waals surface area (Å²) in [7, 11) is 9.42. The average Bonchev–Trinajstić information content (AvgIpc) is 2.59. The van der Waals surface area contributed by atoms with Crippen molar-refractivity contribution in [2.45, 2.75) is 38.8 Å². The lowest BCUT2D eigenvalue weighted by Crippen LogP contribution is -2.40. The van der Waals surface area contributed by atoms with Crippen LogP contribution < -0.4 is 0 Å². The van der Waals surface area contributed by atoms with Crippen molar-refractivity contribution < 1.29 is 8.97 Å². The summed E-state index contributed by atoms with van der Waals surface area (Å²) < 4.78 is 2.17. The van der Waals surface area contributed by atoms with E-state index in [9.17, 15) is 0 Å². The molecule has 26 heavy (non-hydrogen) atoms. The molecule has 0 aliphatic carbocycles. The van der Waals surface area contributed by atoms with Gasteiger partial charge in [-0.2, -0.15) is 0 Å². The van der Waals surface area contributed by atoms with Gasteiger partial charge in [-0.15, -0.1) is 0 Å².